The number of hydrogen-bond acceptors (Lipinski definition) is 8. The van der Waals surface area contributed by atoms with E-state index in [1.807, 2.05) is 6.07 Å². The Kier molecular flexibility index (Phi) is 12.0. The van der Waals surface area contributed by atoms with E-state index in [2.05, 4.69) is 12.0 Å². The Morgan fingerprint density at radius 3 is 1.76 bits per heavy atom. The Morgan fingerprint density at radius 1 is 0.810 bits per heavy atom. The molecule has 0 fully saturated rings. The summed E-state index contributed by atoms with van der Waals surface area (Å²) in [5.74, 6) is -0.826. The van der Waals surface area contributed by atoms with Gasteiger partial charge in [-0.05, 0) is 25.0 Å². The van der Waals surface area contributed by atoms with Gasteiger partial charge < -0.3 is 18.5 Å². The summed E-state index contributed by atoms with van der Waals surface area (Å²) < 4.78 is 36.9. The third-order valence-corrected chi connectivity index (χ3v) is 8.74. The van der Waals surface area contributed by atoms with E-state index in [0.717, 1.165) is 0 Å². The van der Waals surface area contributed by atoms with Gasteiger partial charge in [0.2, 0.25) is 11.1 Å². The number of benzene rings is 3. The molecule has 0 heterocycles. The van der Waals surface area contributed by atoms with E-state index in [-0.39, 0.29) is 32.0 Å². The number of hydrogen-bond donors (Lipinski definition) is 1. The van der Waals surface area contributed by atoms with Crippen LogP contribution in [0.1, 0.15) is 41.8 Å². The molecular weight excluding hydrogens is 559 g/mol. The highest BCUT2D eigenvalue weighted by atomic mass is 31.2. The molecule has 0 saturated heterocycles. The number of nitrogens with one attached hydrogen (secondary N) is 1. The lowest BCUT2D eigenvalue weighted by atomic mass is 10.00. The second-order valence-electron chi connectivity index (χ2n) is 8.89. The number of nitrogens with zero attached hydrogens (tertiary/aromatic N) is 1. The molecule has 1 N–H and O–H groups in total. The van der Waals surface area contributed by atoms with Crippen LogP contribution in [-0.4, -0.2) is 41.5 Å². The number of amides is 2. The molecule has 222 valence electrons. The van der Waals surface area contributed by atoms with Gasteiger partial charge in [-0.3, -0.25) is 9.36 Å². The van der Waals surface area contributed by atoms with Crippen LogP contribution in [0, 0.1) is 0 Å². The summed E-state index contributed by atoms with van der Waals surface area (Å²) >= 11 is 0. The number of ketones is 1. The zero-order valence-electron chi connectivity index (χ0n) is 23.6. The third-order valence-electron chi connectivity index (χ3n) is 6.05. The topological polar surface area (TPSA) is 120 Å². The van der Waals surface area contributed by atoms with Crippen molar-refractivity contribution in [1.29, 1.82) is 0 Å². The molecule has 0 radical (unpaired) electrons. The van der Waals surface area contributed by atoms with Crippen LogP contribution >= 0.6 is 7.60 Å². The van der Waals surface area contributed by atoms with Gasteiger partial charge in [0.15, 0.2) is 0 Å². The summed E-state index contributed by atoms with van der Waals surface area (Å²) in [4.78, 5) is 41.4. The molecule has 3 aromatic carbocycles. The first-order valence-electron chi connectivity index (χ1n) is 13.4. The number of hydrazine groups is 1. The van der Waals surface area contributed by atoms with Crippen LogP contribution in [0.5, 0.6) is 0 Å². The Labute approximate surface area is 245 Å². The normalized spacial score (nSPS) is 12.4. The van der Waals surface area contributed by atoms with Crippen molar-refractivity contribution in [3.63, 3.8) is 0 Å². The molecule has 0 bridgehead atoms. The maximum Gasteiger partial charge on any atom is 0.430 e. The summed E-state index contributed by atoms with van der Waals surface area (Å²) in [7, 11) is -4.60. The molecule has 10 nitrogen and oxygen atoms in total. The van der Waals surface area contributed by atoms with E-state index in [1.165, 1.54) is 18.2 Å². The average Bonchev–Trinajstić information content (AvgIpc) is 3.01. The van der Waals surface area contributed by atoms with Crippen LogP contribution in [0.2, 0.25) is 0 Å². The zero-order valence-corrected chi connectivity index (χ0v) is 24.5. The van der Waals surface area contributed by atoms with Crippen LogP contribution in [0.15, 0.2) is 104 Å². The van der Waals surface area contributed by atoms with Crippen molar-refractivity contribution < 1.29 is 37.5 Å². The number of rotatable bonds is 14. The van der Waals surface area contributed by atoms with Crippen molar-refractivity contribution >= 4 is 25.6 Å². The summed E-state index contributed by atoms with van der Waals surface area (Å²) in [6.07, 6.45) is -1.44. The highest BCUT2D eigenvalue weighted by Gasteiger charge is 2.63. The molecule has 0 aromatic heterocycles. The highest BCUT2D eigenvalue weighted by molar-refractivity contribution is 7.57. The quantitative estimate of drug-likeness (QED) is 0.0927. The van der Waals surface area contributed by atoms with Crippen LogP contribution in [0.25, 0.3) is 0 Å². The van der Waals surface area contributed by atoms with Gasteiger partial charge in [-0.25, -0.2) is 15.0 Å². The largest absolute Gasteiger partial charge is 0.443 e. The monoisotopic (exact) mass is 594 g/mol. The van der Waals surface area contributed by atoms with Crippen molar-refractivity contribution in [3.8, 4) is 0 Å². The fraction of sp³-hybridized carbons (Fsp3) is 0.258. The van der Waals surface area contributed by atoms with Gasteiger partial charge in [-0.15, -0.1) is 6.58 Å². The van der Waals surface area contributed by atoms with E-state index in [1.54, 1.807) is 86.6 Å². The fourth-order valence-electron chi connectivity index (χ4n) is 4.18. The van der Waals surface area contributed by atoms with Gasteiger partial charge in [0.25, 0.3) is 0 Å². The predicted octanol–water partition coefficient (Wildman–Crippen LogP) is 6.89. The molecular formula is C31H35N2O8P. The Morgan fingerprint density at radius 2 is 1.29 bits per heavy atom. The lowest BCUT2D eigenvalue weighted by Crippen LogP contribution is -2.63. The van der Waals surface area contributed by atoms with Crippen molar-refractivity contribution in [2.75, 3.05) is 13.2 Å². The number of carbonyl (C=O) groups excluding carboxylic acids is 3. The summed E-state index contributed by atoms with van der Waals surface area (Å²) in [6.45, 7) is 6.24. The van der Waals surface area contributed by atoms with Crippen molar-refractivity contribution in [2.24, 2.45) is 0 Å². The minimum absolute atomic E-state index is 0.0827. The van der Waals surface area contributed by atoms with Crippen LogP contribution in [-0.2, 0) is 36.3 Å². The molecule has 0 aliphatic carbocycles. The van der Waals surface area contributed by atoms with Crippen molar-refractivity contribution in [3.05, 3.63) is 120 Å². The first kappa shape index (κ1) is 32.3. The minimum Gasteiger partial charge on any atom is -0.443 e. The van der Waals surface area contributed by atoms with E-state index in [0.29, 0.717) is 16.1 Å². The van der Waals surface area contributed by atoms with Gasteiger partial charge in [0, 0.05) is 12.0 Å². The predicted molar refractivity (Wildman–Crippen MR) is 157 cm³/mol. The molecule has 2 amide bonds. The maximum atomic E-state index is 14.7. The van der Waals surface area contributed by atoms with Gasteiger partial charge >= 0.3 is 19.8 Å². The summed E-state index contributed by atoms with van der Waals surface area (Å²) in [5, 5.41) is -1.89. The number of Topliss-reactive ketones (excluding diaryl/α,β-unsaturated/α-hetero) is 1. The average molecular weight is 595 g/mol. The van der Waals surface area contributed by atoms with Crippen molar-refractivity contribution in [1.82, 2.24) is 10.4 Å². The molecule has 3 aromatic rings. The second kappa shape index (κ2) is 15.7. The molecule has 0 aliphatic heterocycles. The standard InChI is InChI=1S/C31H35N2O8P/c1-4-22-31(42(37,40-5-2)41-6-3,28(34)27-20-14-9-15-21-27)33(30(36)39-24-26-18-12-8-13-19-26)32-29(35)38-23-25-16-10-7-11-17-25/h4,7-21H,1,5-6,22-24H2,2-3H3,(H,32,35). The lowest BCUT2D eigenvalue weighted by Gasteiger charge is -2.43. The van der Waals surface area contributed by atoms with E-state index in [9.17, 15) is 18.9 Å². The van der Waals surface area contributed by atoms with E-state index in [4.69, 9.17) is 18.5 Å². The molecule has 1 atom stereocenters. The van der Waals surface area contributed by atoms with Crippen LogP contribution in [0.3, 0.4) is 0 Å². The SMILES string of the molecule is C=CCC(C(=O)c1ccccc1)(N(NC(=O)OCc1ccccc1)C(=O)OCc1ccccc1)P(=O)(OCC)OCC. The fourth-order valence-corrected chi connectivity index (χ4v) is 6.47. The molecule has 0 spiro atoms. The summed E-state index contributed by atoms with van der Waals surface area (Å²) in [6, 6.07) is 25.5. The van der Waals surface area contributed by atoms with Crippen LogP contribution < -0.4 is 5.43 Å². The molecule has 42 heavy (non-hydrogen) atoms. The lowest BCUT2D eigenvalue weighted by molar-refractivity contribution is 0.0231. The second-order valence-corrected chi connectivity index (χ2v) is 11.1. The van der Waals surface area contributed by atoms with Crippen LogP contribution in [0.4, 0.5) is 9.59 Å². The Bertz CT molecular complexity index is 1360. The molecule has 1 unspecified atom stereocenters. The van der Waals surface area contributed by atoms with Gasteiger partial charge in [0.05, 0.1) is 13.2 Å². The first-order valence-corrected chi connectivity index (χ1v) is 14.9. The number of ether oxygens (including phenoxy) is 2. The van der Waals surface area contributed by atoms with Crippen molar-refractivity contribution in [2.45, 2.75) is 38.8 Å². The van der Waals surface area contributed by atoms with E-state index >= 15 is 0 Å². The maximum absolute atomic E-state index is 14.7. The summed E-state index contributed by atoms with van der Waals surface area (Å²) in [5.41, 5.74) is 3.72. The third kappa shape index (κ3) is 7.73. The van der Waals surface area contributed by atoms with Gasteiger partial charge in [0.1, 0.15) is 13.2 Å². The first-order chi connectivity index (χ1) is 20.3. The zero-order chi connectivity index (χ0) is 30.4. The van der Waals surface area contributed by atoms with Gasteiger partial charge in [-0.1, -0.05) is 97.1 Å². The highest BCUT2D eigenvalue weighted by Crippen LogP contribution is 2.64. The molecule has 0 aliphatic rings. The molecule has 11 heteroatoms. The Balaban J connectivity index is 2.14. The van der Waals surface area contributed by atoms with E-state index < -0.39 is 37.3 Å². The molecule has 0 saturated carbocycles. The van der Waals surface area contributed by atoms with Gasteiger partial charge in [-0.2, -0.15) is 5.01 Å². The molecule has 3 rings (SSSR count). The minimum atomic E-state index is -4.60. The smallest absolute Gasteiger partial charge is 0.430 e. The Hall–Kier alpha value is -4.24. The number of carbonyl (C=O) groups is 3.